The second-order valence-electron chi connectivity index (χ2n) is 5.38. The van der Waals surface area contributed by atoms with Crippen molar-refractivity contribution in [3.8, 4) is 0 Å². The summed E-state index contributed by atoms with van der Waals surface area (Å²) >= 11 is -1.80. The van der Waals surface area contributed by atoms with Gasteiger partial charge >= 0.3 is 110 Å². The van der Waals surface area contributed by atoms with E-state index in [-0.39, 0.29) is 11.9 Å². The van der Waals surface area contributed by atoms with Crippen LogP contribution in [0.15, 0.2) is 0 Å². The zero-order valence-electron chi connectivity index (χ0n) is 12.3. The van der Waals surface area contributed by atoms with Gasteiger partial charge in [0.25, 0.3) is 0 Å². The Balaban J connectivity index is 4.68. The van der Waals surface area contributed by atoms with Gasteiger partial charge in [-0.05, 0) is 0 Å². The van der Waals surface area contributed by atoms with Crippen LogP contribution in [0.4, 0.5) is 0 Å². The van der Waals surface area contributed by atoms with Gasteiger partial charge in [-0.3, -0.25) is 0 Å². The Labute approximate surface area is 110 Å². The molecule has 0 fully saturated rings. The molecule has 0 amide bonds. The van der Waals surface area contributed by atoms with Gasteiger partial charge in [0.15, 0.2) is 0 Å². The summed E-state index contributed by atoms with van der Waals surface area (Å²) in [6.45, 7) is 8.91. The van der Waals surface area contributed by atoms with Gasteiger partial charge in [0.1, 0.15) is 0 Å². The molecule has 0 rings (SSSR count). The van der Waals surface area contributed by atoms with Crippen LogP contribution in [0.3, 0.4) is 0 Å². The quantitative estimate of drug-likeness (QED) is 0.464. The van der Waals surface area contributed by atoms with Crippen LogP contribution in [0, 0.1) is 5.92 Å². The first-order valence-corrected chi connectivity index (χ1v) is 13.1. The third-order valence-corrected chi connectivity index (χ3v) is 16.6. The number of methoxy groups -OCH3 is 1. The molecule has 0 aromatic heterocycles. The molecule has 0 radical (unpaired) electrons. The molecule has 0 bridgehead atoms. The third-order valence-electron chi connectivity index (χ3n) is 3.68. The van der Waals surface area contributed by atoms with Crippen molar-refractivity contribution in [1.29, 1.82) is 0 Å². The van der Waals surface area contributed by atoms with Gasteiger partial charge in [-0.15, -0.1) is 0 Å². The number of esters is 1. The topological polar surface area (TPSA) is 26.3 Å². The van der Waals surface area contributed by atoms with Crippen LogP contribution in [0.2, 0.25) is 21.0 Å². The van der Waals surface area contributed by atoms with E-state index in [2.05, 4.69) is 20.8 Å². The molecular weight excluding hydrogens is 273 g/mol. The molecule has 0 heterocycles. The van der Waals surface area contributed by atoms with E-state index in [0.29, 0.717) is 0 Å². The van der Waals surface area contributed by atoms with E-state index in [1.807, 2.05) is 6.92 Å². The van der Waals surface area contributed by atoms with E-state index in [1.165, 1.54) is 47.4 Å². The van der Waals surface area contributed by atoms with Crippen molar-refractivity contribution in [2.45, 2.75) is 68.0 Å². The van der Waals surface area contributed by atoms with Crippen molar-refractivity contribution in [1.82, 2.24) is 0 Å². The van der Waals surface area contributed by atoms with Gasteiger partial charge in [0.2, 0.25) is 0 Å². The first-order valence-electron chi connectivity index (χ1n) is 7.13. The molecule has 1 atom stereocenters. The predicted octanol–water partition coefficient (Wildman–Crippen LogP) is 4.47. The molecule has 17 heavy (non-hydrogen) atoms. The van der Waals surface area contributed by atoms with Crippen molar-refractivity contribution >= 4 is 19.2 Å². The monoisotopic (exact) mass is 304 g/mol. The molecule has 0 saturated carbocycles. The zero-order valence-corrected chi connectivity index (χ0v) is 14.4. The van der Waals surface area contributed by atoms with Crippen molar-refractivity contribution in [3.05, 3.63) is 0 Å². The first kappa shape index (κ1) is 17.0. The number of carbonyl (C=O) groups is 1. The molecule has 0 aliphatic carbocycles. The summed E-state index contributed by atoms with van der Waals surface area (Å²) in [5.41, 5.74) is 0. The van der Waals surface area contributed by atoms with Crippen LogP contribution in [-0.2, 0) is 9.53 Å². The molecular formula is C14H30GeO2. The second-order valence-corrected chi connectivity index (χ2v) is 15.7. The van der Waals surface area contributed by atoms with E-state index in [0.717, 1.165) is 0 Å². The second kappa shape index (κ2) is 9.01. The van der Waals surface area contributed by atoms with Gasteiger partial charge in [0.05, 0.1) is 0 Å². The standard InChI is InChI=1S/C14H30GeO2/c1-6-9-15(10-7-2,11-8-3)12-13(4)14(16)17-5/h13H,6-12H2,1-5H3. The van der Waals surface area contributed by atoms with Crippen molar-refractivity contribution in [2.75, 3.05) is 7.11 Å². The Bertz CT molecular complexity index is 199. The number of carbonyl (C=O) groups excluding carboxylic acids is 1. The number of hydrogen-bond acceptors (Lipinski definition) is 2. The van der Waals surface area contributed by atoms with Gasteiger partial charge in [-0.1, -0.05) is 0 Å². The Hall–Kier alpha value is 0.0129. The van der Waals surface area contributed by atoms with Crippen LogP contribution in [0.1, 0.15) is 47.0 Å². The molecule has 0 aliphatic heterocycles. The van der Waals surface area contributed by atoms with Crippen molar-refractivity contribution in [3.63, 3.8) is 0 Å². The van der Waals surface area contributed by atoms with Gasteiger partial charge in [-0.25, -0.2) is 0 Å². The Morgan fingerprint density at radius 2 is 1.47 bits per heavy atom. The maximum absolute atomic E-state index is 11.6. The van der Waals surface area contributed by atoms with Crippen LogP contribution in [0.5, 0.6) is 0 Å². The summed E-state index contributed by atoms with van der Waals surface area (Å²) < 4.78 is 4.88. The number of rotatable bonds is 9. The summed E-state index contributed by atoms with van der Waals surface area (Å²) in [7, 11) is 1.51. The average molecular weight is 303 g/mol. The van der Waals surface area contributed by atoms with E-state index in [4.69, 9.17) is 4.74 Å². The summed E-state index contributed by atoms with van der Waals surface area (Å²) in [6.07, 6.45) is 3.86. The minimum atomic E-state index is -1.80. The van der Waals surface area contributed by atoms with Crippen LogP contribution >= 0.6 is 0 Å². The molecule has 3 heteroatoms. The van der Waals surface area contributed by atoms with E-state index in [9.17, 15) is 4.79 Å². The maximum atomic E-state index is 11.6. The van der Waals surface area contributed by atoms with Crippen molar-refractivity contribution < 1.29 is 9.53 Å². The molecule has 1 unspecified atom stereocenters. The van der Waals surface area contributed by atoms with Gasteiger partial charge < -0.3 is 0 Å². The molecule has 2 nitrogen and oxygen atoms in total. The summed E-state index contributed by atoms with van der Waals surface area (Å²) in [4.78, 5) is 11.6. The molecule has 0 aromatic rings. The average Bonchev–Trinajstić information content (AvgIpc) is 2.28. The Morgan fingerprint density at radius 3 is 1.76 bits per heavy atom. The fourth-order valence-corrected chi connectivity index (χ4v) is 15.8. The van der Waals surface area contributed by atoms with Crippen molar-refractivity contribution in [2.24, 2.45) is 5.92 Å². The molecule has 0 N–H and O–H groups in total. The zero-order chi connectivity index (χ0) is 13.3. The summed E-state index contributed by atoms with van der Waals surface area (Å²) in [5.74, 6) is 0.105. The van der Waals surface area contributed by atoms with Crippen LogP contribution in [0.25, 0.3) is 0 Å². The Kier molecular flexibility index (Phi) is 9.02. The minimum absolute atomic E-state index is 0.0108. The molecule has 0 aliphatic rings. The summed E-state index contributed by atoms with van der Waals surface area (Å²) in [5, 5.41) is 5.43. The first-order chi connectivity index (χ1) is 8.05. The van der Waals surface area contributed by atoms with Crippen LogP contribution < -0.4 is 0 Å². The molecule has 102 valence electrons. The van der Waals surface area contributed by atoms with E-state index >= 15 is 0 Å². The Morgan fingerprint density at radius 1 is 1.06 bits per heavy atom. The van der Waals surface area contributed by atoms with E-state index in [1.54, 1.807) is 0 Å². The number of hydrogen-bond donors (Lipinski definition) is 0. The number of ether oxygens (including phenoxy) is 1. The third kappa shape index (κ3) is 5.94. The normalized spacial score (nSPS) is 13.5. The molecule has 0 spiro atoms. The molecule has 0 aromatic carbocycles. The fraction of sp³-hybridized carbons (Fsp3) is 0.929. The fourth-order valence-electron chi connectivity index (χ4n) is 3.21. The van der Waals surface area contributed by atoms with E-state index < -0.39 is 13.3 Å². The van der Waals surface area contributed by atoms with Crippen LogP contribution in [-0.4, -0.2) is 26.3 Å². The predicted molar refractivity (Wildman–Crippen MR) is 77.0 cm³/mol. The SMILES string of the molecule is CC[CH2][Ge]([CH2]CC)([CH2]CC)[CH2]C(C)C(=O)OC. The van der Waals surface area contributed by atoms with Gasteiger partial charge in [0, 0.05) is 0 Å². The van der Waals surface area contributed by atoms with Gasteiger partial charge in [-0.2, -0.15) is 0 Å². The summed E-state index contributed by atoms with van der Waals surface area (Å²) in [6, 6.07) is 0. The molecule has 0 saturated heterocycles.